The molecule has 0 aliphatic rings. The average Bonchev–Trinajstić information content (AvgIpc) is 2.70. The van der Waals surface area contributed by atoms with Crippen molar-refractivity contribution in [3.05, 3.63) is 35.4 Å². The fraction of sp³-hybridized carbons (Fsp3) is 0.182. The van der Waals surface area contributed by atoms with E-state index in [0.29, 0.717) is 10.7 Å². The molecule has 0 saturated carbocycles. The highest BCUT2D eigenvalue weighted by molar-refractivity contribution is 7.98. The second kappa shape index (κ2) is 4.58. The van der Waals surface area contributed by atoms with Crippen molar-refractivity contribution in [3.8, 4) is 0 Å². The maximum absolute atomic E-state index is 12.2. The minimum Gasteiger partial charge on any atom is -0.368 e. The van der Waals surface area contributed by atoms with Crippen LogP contribution in [0.4, 0.5) is 5.95 Å². The highest BCUT2D eigenvalue weighted by Crippen LogP contribution is 2.14. The van der Waals surface area contributed by atoms with Gasteiger partial charge in [-0.25, -0.2) is 0 Å². The fourth-order valence-corrected chi connectivity index (χ4v) is 1.82. The van der Waals surface area contributed by atoms with Gasteiger partial charge in [-0.05, 0) is 24.8 Å². The molecule has 2 aromatic rings. The summed E-state index contributed by atoms with van der Waals surface area (Å²) in [5.41, 5.74) is 7.13. The van der Waals surface area contributed by atoms with E-state index in [1.807, 2.05) is 31.4 Å². The summed E-state index contributed by atoms with van der Waals surface area (Å²) in [6.45, 7) is 1.87. The van der Waals surface area contributed by atoms with Crippen LogP contribution in [0.2, 0.25) is 0 Å². The van der Waals surface area contributed by atoms with Crippen molar-refractivity contribution in [2.24, 2.45) is 0 Å². The number of rotatable bonds is 2. The minimum atomic E-state index is -0.256. The molecule has 0 aliphatic carbocycles. The van der Waals surface area contributed by atoms with E-state index < -0.39 is 0 Å². The number of nitrogen functional groups attached to an aromatic ring is 1. The number of nitrogens with two attached hydrogens (primary N) is 1. The molecule has 2 N–H and O–H groups in total. The molecule has 88 valence electrons. The molecular formula is C11H12N4OS. The molecule has 0 atom stereocenters. The third kappa shape index (κ3) is 2.16. The molecule has 0 spiro atoms. The van der Waals surface area contributed by atoms with Crippen molar-refractivity contribution >= 4 is 23.6 Å². The van der Waals surface area contributed by atoms with Crippen LogP contribution in [0.1, 0.15) is 15.9 Å². The second-order valence-corrected chi connectivity index (χ2v) is 4.26. The Morgan fingerprint density at radius 1 is 1.41 bits per heavy atom. The average molecular weight is 248 g/mol. The first-order chi connectivity index (χ1) is 8.13. The number of anilines is 1. The van der Waals surface area contributed by atoms with Crippen LogP contribution >= 0.6 is 11.8 Å². The maximum atomic E-state index is 12.2. The number of hydrogen-bond acceptors (Lipinski definition) is 5. The summed E-state index contributed by atoms with van der Waals surface area (Å²) < 4.78 is 1.13. The van der Waals surface area contributed by atoms with Gasteiger partial charge in [-0.1, -0.05) is 30.0 Å². The van der Waals surface area contributed by atoms with E-state index in [2.05, 4.69) is 10.1 Å². The first kappa shape index (κ1) is 11.7. The van der Waals surface area contributed by atoms with Crippen LogP contribution in [0, 0.1) is 6.92 Å². The first-order valence-electron chi connectivity index (χ1n) is 5.00. The number of nitrogens with zero attached hydrogens (tertiary/aromatic N) is 3. The third-order valence-electron chi connectivity index (χ3n) is 2.36. The number of aryl methyl sites for hydroxylation is 1. The van der Waals surface area contributed by atoms with Gasteiger partial charge in [-0.2, -0.15) is 9.67 Å². The minimum absolute atomic E-state index is 0.114. The van der Waals surface area contributed by atoms with E-state index in [-0.39, 0.29) is 11.9 Å². The van der Waals surface area contributed by atoms with Crippen molar-refractivity contribution in [1.82, 2.24) is 14.8 Å². The largest absolute Gasteiger partial charge is 0.368 e. The zero-order valence-electron chi connectivity index (χ0n) is 9.54. The van der Waals surface area contributed by atoms with Crippen LogP contribution in [0.25, 0.3) is 0 Å². The Morgan fingerprint density at radius 2 is 2.12 bits per heavy atom. The van der Waals surface area contributed by atoms with Gasteiger partial charge in [0.2, 0.25) is 11.1 Å². The number of aromatic nitrogens is 3. The Bertz CT molecular complexity index is 564. The summed E-state index contributed by atoms with van der Waals surface area (Å²) in [6.07, 6.45) is 1.83. The molecule has 0 unspecified atom stereocenters. The van der Waals surface area contributed by atoms with E-state index >= 15 is 0 Å². The Kier molecular flexibility index (Phi) is 3.14. The Morgan fingerprint density at radius 3 is 2.71 bits per heavy atom. The zero-order valence-corrected chi connectivity index (χ0v) is 10.4. The van der Waals surface area contributed by atoms with Crippen molar-refractivity contribution in [3.63, 3.8) is 0 Å². The van der Waals surface area contributed by atoms with Crippen LogP contribution in [0.3, 0.4) is 0 Å². The summed E-state index contributed by atoms with van der Waals surface area (Å²) in [6, 6.07) is 7.31. The molecule has 0 fully saturated rings. The van der Waals surface area contributed by atoms with Gasteiger partial charge in [-0.15, -0.1) is 5.10 Å². The molecular weight excluding hydrogens is 236 g/mol. The predicted molar refractivity (Wildman–Crippen MR) is 67.1 cm³/mol. The zero-order chi connectivity index (χ0) is 12.4. The lowest BCUT2D eigenvalue weighted by Gasteiger charge is -2.04. The standard InChI is InChI=1S/C11H12N4OS/c1-7-5-3-4-6-8(7)9(16)15-10(12)13-11(14-15)17-2/h3-6H,1-2H3,(H2,12,13,14). The molecule has 0 aliphatic heterocycles. The van der Waals surface area contributed by atoms with Gasteiger partial charge in [0.25, 0.3) is 5.91 Å². The topological polar surface area (TPSA) is 73.8 Å². The SMILES string of the molecule is CSc1nc(N)n(C(=O)c2ccccc2C)n1. The van der Waals surface area contributed by atoms with Crippen LogP contribution in [0.15, 0.2) is 29.4 Å². The van der Waals surface area contributed by atoms with Crippen LogP contribution in [-0.4, -0.2) is 26.9 Å². The Balaban J connectivity index is 2.44. The highest BCUT2D eigenvalue weighted by Gasteiger charge is 2.16. The molecule has 0 amide bonds. The molecule has 17 heavy (non-hydrogen) atoms. The van der Waals surface area contributed by atoms with Gasteiger partial charge >= 0.3 is 0 Å². The number of hydrogen-bond donors (Lipinski definition) is 1. The third-order valence-corrected chi connectivity index (χ3v) is 2.90. The maximum Gasteiger partial charge on any atom is 0.281 e. The summed E-state index contributed by atoms with van der Waals surface area (Å²) in [7, 11) is 0. The molecule has 0 bridgehead atoms. The molecule has 0 saturated heterocycles. The van der Waals surface area contributed by atoms with E-state index in [1.54, 1.807) is 6.07 Å². The van der Waals surface area contributed by atoms with Crippen LogP contribution in [0.5, 0.6) is 0 Å². The number of benzene rings is 1. The first-order valence-corrected chi connectivity index (χ1v) is 6.23. The van der Waals surface area contributed by atoms with Crippen molar-refractivity contribution < 1.29 is 4.79 Å². The Labute approximate surface area is 103 Å². The number of thioether (sulfide) groups is 1. The monoisotopic (exact) mass is 248 g/mol. The van der Waals surface area contributed by atoms with E-state index in [9.17, 15) is 4.79 Å². The van der Waals surface area contributed by atoms with Crippen molar-refractivity contribution in [1.29, 1.82) is 0 Å². The van der Waals surface area contributed by atoms with Gasteiger partial charge in [0.1, 0.15) is 0 Å². The summed E-state index contributed by atoms with van der Waals surface area (Å²) in [5, 5.41) is 4.53. The smallest absolute Gasteiger partial charge is 0.281 e. The Hall–Kier alpha value is -1.82. The molecule has 1 heterocycles. The fourth-order valence-electron chi connectivity index (χ4n) is 1.47. The van der Waals surface area contributed by atoms with Gasteiger partial charge in [0.15, 0.2) is 0 Å². The molecule has 5 nitrogen and oxygen atoms in total. The lowest BCUT2D eigenvalue weighted by molar-refractivity contribution is 0.0946. The predicted octanol–water partition coefficient (Wildman–Crippen LogP) is 1.58. The lowest BCUT2D eigenvalue weighted by atomic mass is 10.1. The molecule has 6 heteroatoms. The van der Waals surface area contributed by atoms with Gasteiger partial charge in [0.05, 0.1) is 0 Å². The quantitative estimate of drug-likeness (QED) is 0.817. The van der Waals surface area contributed by atoms with Gasteiger partial charge < -0.3 is 5.73 Å². The molecule has 2 rings (SSSR count). The molecule has 1 aromatic heterocycles. The van der Waals surface area contributed by atoms with Crippen LogP contribution < -0.4 is 5.73 Å². The van der Waals surface area contributed by atoms with E-state index in [1.165, 1.54) is 11.8 Å². The normalized spacial score (nSPS) is 10.5. The number of carbonyl (C=O) groups excluding carboxylic acids is 1. The summed E-state index contributed by atoms with van der Waals surface area (Å²) in [5.74, 6) is -0.143. The highest BCUT2D eigenvalue weighted by atomic mass is 32.2. The van der Waals surface area contributed by atoms with E-state index in [4.69, 9.17) is 5.73 Å². The van der Waals surface area contributed by atoms with Gasteiger partial charge in [-0.3, -0.25) is 4.79 Å². The summed E-state index contributed by atoms with van der Waals surface area (Å²) >= 11 is 1.35. The van der Waals surface area contributed by atoms with Crippen LogP contribution in [-0.2, 0) is 0 Å². The number of carbonyl (C=O) groups is 1. The van der Waals surface area contributed by atoms with Gasteiger partial charge in [0, 0.05) is 5.56 Å². The lowest BCUT2D eigenvalue weighted by Crippen LogP contribution is -2.17. The summed E-state index contributed by atoms with van der Waals surface area (Å²) in [4.78, 5) is 16.2. The van der Waals surface area contributed by atoms with Crippen molar-refractivity contribution in [2.45, 2.75) is 12.1 Å². The van der Waals surface area contributed by atoms with E-state index in [0.717, 1.165) is 10.2 Å². The van der Waals surface area contributed by atoms with Crippen molar-refractivity contribution in [2.75, 3.05) is 12.0 Å². The second-order valence-electron chi connectivity index (χ2n) is 3.49. The molecule has 0 radical (unpaired) electrons. The molecule has 1 aromatic carbocycles.